The zero-order valence-electron chi connectivity index (χ0n) is 13.2. The number of hydrogen-bond donors (Lipinski definition) is 1. The van der Waals surface area contributed by atoms with Gasteiger partial charge in [-0.15, -0.1) is 0 Å². The van der Waals surface area contributed by atoms with E-state index in [2.05, 4.69) is 32.3 Å². The molecule has 0 aromatic rings. The molecule has 0 bridgehead atoms. The molecule has 3 nitrogen and oxygen atoms in total. The van der Waals surface area contributed by atoms with Crippen molar-refractivity contribution in [2.45, 2.75) is 46.1 Å². The monoisotopic (exact) mass is 286 g/mol. The second-order valence-electron chi connectivity index (χ2n) is 6.31. The van der Waals surface area contributed by atoms with Gasteiger partial charge < -0.3 is 10.2 Å². The Kier molecular flexibility index (Phi) is 6.67. The summed E-state index contributed by atoms with van der Waals surface area (Å²) in [4.78, 5) is 14.7. The van der Waals surface area contributed by atoms with Crippen LogP contribution in [0, 0.1) is 11.3 Å². The minimum Gasteiger partial charge on any atom is -0.343 e. The highest BCUT2D eigenvalue weighted by Gasteiger charge is 2.39. The number of piperidine rings is 1. The average molecular weight is 286 g/mol. The quantitative estimate of drug-likeness (QED) is 0.814. The minimum absolute atomic E-state index is 0.254. The van der Waals surface area contributed by atoms with Gasteiger partial charge in [0.05, 0.1) is 0 Å². The minimum atomic E-state index is -0.254. The fraction of sp³-hybridized carbons (Fsp3) is 0.933. The van der Waals surface area contributed by atoms with Crippen LogP contribution < -0.4 is 5.32 Å². The van der Waals surface area contributed by atoms with E-state index in [1.165, 1.54) is 12.8 Å². The average Bonchev–Trinajstić information content (AvgIpc) is 2.43. The lowest BCUT2D eigenvalue weighted by molar-refractivity contribution is -0.144. The molecule has 1 heterocycles. The van der Waals surface area contributed by atoms with Crippen LogP contribution in [0.5, 0.6) is 0 Å². The maximum atomic E-state index is 12.8. The number of thioether (sulfide) groups is 1. The molecule has 0 spiro atoms. The first kappa shape index (κ1) is 16.8. The molecule has 1 rings (SSSR count). The molecule has 0 aliphatic carbocycles. The summed E-state index contributed by atoms with van der Waals surface area (Å²) in [5, 5.41) is 3.42. The largest absolute Gasteiger partial charge is 0.343 e. The predicted molar refractivity (Wildman–Crippen MR) is 84.6 cm³/mol. The number of nitrogens with one attached hydrogen (secondary N) is 1. The normalized spacial score (nSPS) is 22.1. The maximum absolute atomic E-state index is 12.8. The summed E-state index contributed by atoms with van der Waals surface area (Å²) < 4.78 is 0. The van der Waals surface area contributed by atoms with Crippen molar-refractivity contribution in [2.75, 3.05) is 32.1 Å². The number of amides is 1. The van der Waals surface area contributed by atoms with Crippen LogP contribution in [0.3, 0.4) is 0 Å². The van der Waals surface area contributed by atoms with Gasteiger partial charge in [-0.05, 0) is 57.2 Å². The van der Waals surface area contributed by atoms with Crippen molar-refractivity contribution in [3.05, 3.63) is 0 Å². The highest BCUT2D eigenvalue weighted by molar-refractivity contribution is 7.98. The van der Waals surface area contributed by atoms with Crippen molar-refractivity contribution in [3.63, 3.8) is 0 Å². The lowest BCUT2D eigenvalue weighted by Crippen LogP contribution is -2.50. The molecule has 19 heavy (non-hydrogen) atoms. The van der Waals surface area contributed by atoms with Crippen molar-refractivity contribution in [1.82, 2.24) is 10.2 Å². The topological polar surface area (TPSA) is 32.3 Å². The third-order valence-corrected chi connectivity index (χ3v) is 5.23. The molecule has 1 fully saturated rings. The van der Waals surface area contributed by atoms with E-state index >= 15 is 0 Å². The van der Waals surface area contributed by atoms with Gasteiger partial charge in [-0.2, -0.15) is 11.8 Å². The predicted octanol–water partition coefficient (Wildman–Crippen LogP) is 2.61. The maximum Gasteiger partial charge on any atom is 0.228 e. The molecule has 1 aliphatic rings. The highest BCUT2D eigenvalue weighted by Crippen LogP contribution is 2.34. The first-order valence-corrected chi connectivity index (χ1v) is 8.77. The van der Waals surface area contributed by atoms with Crippen molar-refractivity contribution in [3.8, 4) is 0 Å². The molecule has 1 saturated heterocycles. The van der Waals surface area contributed by atoms with Gasteiger partial charge in [0, 0.05) is 18.5 Å². The van der Waals surface area contributed by atoms with Crippen LogP contribution in [0.4, 0.5) is 0 Å². The van der Waals surface area contributed by atoms with Gasteiger partial charge in [-0.3, -0.25) is 4.79 Å². The van der Waals surface area contributed by atoms with Gasteiger partial charge in [-0.25, -0.2) is 0 Å². The van der Waals surface area contributed by atoms with Gasteiger partial charge in [0.1, 0.15) is 0 Å². The van der Waals surface area contributed by atoms with E-state index in [0.717, 1.165) is 25.3 Å². The molecule has 0 saturated carbocycles. The van der Waals surface area contributed by atoms with Crippen LogP contribution in [0.2, 0.25) is 0 Å². The smallest absolute Gasteiger partial charge is 0.228 e. The van der Waals surface area contributed by atoms with E-state index in [1.54, 1.807) is 0 Å². The third-order valence-electron chi connectivity index (χ3n) is 4.59. The van der Waals surface area contributed by atoms with E-state index in [-0.39, 0.29) is 5.41 Å². The molecule has 1 amide bonds. The molecule has 1 N–H and O–H groups in total. The fourth-order valence-electron chi connectivity index (χ4n) is 2.78. The zero-order chi connectivity index (χ0) is 14.5. The summed E-state index contributed by atoms with van der Waals surface area (Å²) in [6, 6.07) is 0.329. The van der Waals surface area contributed by atoms with E-state index in [4.69, 9.17) is 0 Å². The molecule has 2 atom stereocenters. The van der Waals surface area contributed by atoms with Crippen LogP contribution in [0.1, 0.15) is 40.0 Å². The third kappa shape index (κ3) is 4.38. The van der Waals surface area contributed by atoms with Gasteiger partial charge in [-0.1, -0.05) is 13.8 Å². The Morgan fingerprint density at radius 3 is 2.74 bits per heavy atom. The first-order chi connectivity index (χ1) is 8.91. The van der Waals surface area contributed by atoms with Crippen LogP contribution in [-0.4, -0.2) is 49.0 Å². The van der Waals surface area contributed by atoms with Crippen LogP contribution in [0.15, 0.2) is 0 Å². The number of rotatable bonds is 6. The van der Waals surface area contributed by atoms with Gasteiger partial charge in [0.2, 0.25) is 5.91 Å². The molecule has 0 aromatic carbocycles. The summed E-state index contributed by atoms with van der Waals surface area (Å²) in [6.07, 6.45) is 5.54. The number of hydrogen-bond acceptors (Lipinski definition) is 3. The van der Waals surface area contributed by atoms with Crippen LogP contribution >= 0.6 is 11.8 Å². The van der Waals surface area contributed by atoms with Gasteiger partial charge in [0.25, 0.3) is 0 Å². The number of nitrogens with zero attached hydrogens (tertiary/aromatic N) is 1. The van der Waals surface area contributed by atoms with Crippen molar-refractivity contribution < 1.29 is 4.79 Å². The Hall–Kier alpha value is -0.220. The Balaban J connectivity index is 2.62. The molecule has 0 radical (unpaired) electrons. The molecular weight excluding hydrogens is 256 g/mol. The lowest BCUT2D eigenvalue weighted by atomic mass is 9.74. The molecule has 4 heteroatoms. The van der Waals surface area contributed by atoms with E-state index in [9.17, 15) is 4.79 Å². The molecular formula is C15H30N2OS. The van der Waals surface area contributed by atoms with E-state index in [1.807, 2.05) is 23.7 Å². The second kappa shape index (κ2) is 7.53. The molecule has 1 aliphatic heterocycles. The van der Waals surface area contributed by atoms with E-state index in [0.29, 0.717) is 17.9 Å². The van der Waals surface area contributed by atoms with E-state index < -0.39 is 0 Å². The summed E-state index contributed by atoms with van der Waals surface area (Å²) >= 11 is 1.85. The molecule has 112 valence electrons. The van der Waals surface area contributed by atoms with Gasteiger partial charge >= 0.3 is 0 Å². The van der Waals surface area contributed by atoms with Crippen LogP contribution in [-0.2, 0) is 4.79 Å². The Morgan fingerprint density at radius 2 is 2.21 bits per heavy atom. The van der Waals surface area contributed by atoms with Crippen molar-refractivity contribution in [2.24, 2.45) is 11.3 Å². The molecule has 2 unspecified atom stereocenters. The fourth-order valence-corrected chi connectivity index (χ4v) is 3.36. The summed E-state index contributed by atoms with van der Waals surface area (Å²) in [5.74, 6) is 1.88. The highest BCUT2D eigenvalue weighted by atomic mass is 32.2. The SMILES string of the molecule is CSCCC(C)N(C)C(=O)C(C)(C)C1CCCNC1. The van der Waals surface area contributed by atoms with Crippen molar-refractivity contribution in [1.29, 1.82) is 0 Å². The first-order valence-electron chi connectivity index (χ1n) is 7.38. The Labute approximate surface area is 122 Å². The lowest BCUT2D eigenvalue weighted by Gasteiger charge is -2.40. The van der Waals surface area contributed by atoms with Crippen LogP contribution in [0.25, 0.3) is 0 Å². The zero-order valence-corrected chi connectivity index (χ0v) is 14.0. The Bertz CT molecular complexity index is 288. The second-order valence-corrected chi connectivity index (χ2v) is 7.30. The summed E-state index contributed by atoms with van der Waals surface area (Å²) in [5.41, 5.74) is -0.254. The summed E-state index contributed by atoms with van der Waals surface area (Å²) in [7, 11) is 1.96. The summed E-state index contributed by atoms with van der Waals surface area (Å²) in [6.45, 7) is 8.46. The molecule has 0 aromatic heterocycles. The van der Waals surface area contributed by atoms with Crippen molar-refractivity contribution >= 4 is 17.7 Å². The number of carbonyl (C=O) groups is 1. The number of carbonyl (C=O) groups excluding carboxylic acids is 1. The Morgan fingerprint density at radius 1 is 1.53 bits per heavy atom. The van der Waals surface area contributed by atoms with Gasteiger partial charge in [0.15, 0.2) is 0 Å². The standard InChI is InChI=1S/C15H30N2OS/c1-12(8-10-19-5)17(4)14(18)15(2,3)13-7-6-9-16-11-13/h12-13,16H,6-11H2,1-5H3.